The zero-order valence-electron chi connectivity index (χ0n) is 5.33. The highest BCUT2D eigenvalue weighted by Gasteiger charge is 1.95. The van der Waals surface area contributed by atoms with E-state index in [9.17, 15) is 4.21 Å². The Bertz CT molecular complexity index is 116. The molecule has 4 heteroatoms. The summed E-state index contributed by atoms with van der Waals surface area (Å²) in [6.45, 7) is 5.92. The van der Waals surface area contributed by atoms with Gasteiger partial charge in [0.1, 0.15) is 0 Å². The van der Waals surface area contributed by atoms with Crippen LogP contribution >= 0.6 is 0 Å². The van der Waals surface area contributed by atoms with Gasteiger partial charge in [-0.05, 0) is 5.92 Å². The lowest BCUT2D eigenvalue weighted by Crippen LogP contribution is -2.21. The summed E-state index contributed by atoms with van der Waals surface area (Å²) in [6.07, 6.45) is 1.72. The van der Waals surface area contributed by atoms with Gasteiger partial charge in [-0.1, -0.05) is 13.0 Å². The second-order valence-corrected chi connectivity index (χ2v) is 2.60. The van der Waals surface area contributed by atoms with Crippen molar-refractivity contribution in [2.75, 3.05) is 6.54 Å². The SMILES string of the molecule is C=CC(C)CNS(=O)O. The standard InChI is InChI=1S/C5H11NO2S/c1-3-5(2)4-6-9(7)8/h3,5-6H,1,4H2,2H3,(H,7,8). The van der Waals surface area contributed by atoms with Gasteiger partial charge in [0, 0.05) is 6.54 Å². The molecule has 0 aromatic heterocycles. The second-order valence-electron chi connectivity index (χ2n) is 1.81. The molecule has 0 saturated carbocycles. The zero-order chi connectivity index (χ0) is 7.28. The minimum absolute atomic E-state index is 0.237. The van der Waals surface area contributed by atoms with Crippen LogP contribution in [-0.2, 0) is 11.3 Å². The van der Waals surface area contributed by atoms with E-state index in [2.05, 4.69) is 11.3 Å². The average molecular weight is 149 g/mol. The van der Waals surface area contributed by atoms with Gasteiger partial charge in [0.05, 0.1) is 0 Å². The number of hydrogen-bond donors (Lipinski definition) is 2. The average Bonchev–Trinajstić information content (AvgIpc) is 1.83. The molecule has 0 saturated heterocycles. The van der Waals surface area contributed by atoms with Crippen LogP contribution in [0.5, 0.6) is 0 Å². The van der Waals surface area contributed by atoms with Crippen LogP contribution in [0.25, 0.3) is 0 Å². The molecule has 0 aromatic carbocycles. The Balaban J connectivity index is 3.26. The third kappa shape index (κ3) is 5.68. The smallest absolute Gasteiger partial charge is 0.231 e. The number of nitrogens with one attached hydrogen (secondary N) is 1. The van der Waals surface area contributed by atoms with Crippen molar-refractivity contribution in [1.29, 1.82) is 0 Å². The molecule has 0 rings (SSSR count). The summed E-state index contributed by atoms with van der Waals surface area (Å²) in [5, 5.41) is 0. The van der Waals surface area contributed by atoms with Crippen LogP contribution < -0.4 is 4.72 Å². The molecule has 0 amide bonds. The van der Waals surface area contributed by atoms with Gasteiger partial charge in [0.25, 0.3) is 0 Å². The van der Waals surface area contributed by atoms with Crippen LogP contribution in [0.2, 0.25) is 0 Å². The first kappa shape index (κ1) is 8.81. The first-order valence-corrected chi connectivity index (χ1v) is 3.74. The molecule has 54 valence electrons. The molecule has 0 radical (unpaired) electrons. The molecule has 0 aliphatic carbocycles. The van der Waals surface area contributed by atoms with Crippen molar-refractivity contribution in [1.82, 2.24) is 4.72 Å². The second kappa shape index (κ2) is 4.67. The van der Waals surface area contributed by atoms with Gasteiger partial charge in [-0.2, -0.15) is 0 Å². The van der Waals surface area contributed by atoms with Crippen molar-refractivity contribution >= 4 is 11.3 Å². The van der Waals surface area contributed by atoms with Gasteiger partial charge in [0.15, 0.2) is 0 Å². The predicted molar refractivity (Wildman–Crippen MR) is 38.1 cm³/mol. The molecular formula is C5H11NO2S. The van der Waals surface area contributed by atoms with Gasteiger partial charge in [-0.15, -0.1) is 6.58 Å². The van der Waals surface area contributed by atoms with Crippen LogP contribution in [-0.4, -0.2) is 15.3 Å². The van der Waals surface area contributed by atoms with Crippen molar-refractivity contribution < 1.29 is 8.76 Å². The monoisotopic (exact) mass is 149 g/mol. The third-order valence-electron chi connectivity index (χ3n) is 0.931. The van der Waals surface area contributed by atoms with Crippen molar-refractivity contribution in [2.24, 2.45) is 5.92 Å². The number of hydrogen-bond acceptors (Lipinski definition) is 1. The Hall–Kier alpha value is -0.190. The first-order valence-electron chi connectivity index (χ1n) is 2.63. The molecule has 0 aliphatic heterocycles. The maximum absolute atomic E-state index is 9.99. The molecule has 0 heterocycles. The summed E-state index contributed by atoms with van der Waals surface area (Å²) >= 11 is -1.89. The Kier molecular flexibility index (Phi) is 4.57. The van der Waals surface area contributed by atoms with E-state index in [4.69, 9.17) is 4.55 Å². The van der Waals surface area contributed by atoms with Crippen LogP contribution in [0, 0.1) is 5.92 Å². The minimum Gasteiger partial charge on any atom is -0.294 e. The van der Waals surface area contributed by atoms with Crippen LogP contribution in [0.3, 0.4) is 0 Å². The van der Waals surface area contributed by atoms with Crippen molar-refractivity contribution in [3.05, 3.63) is 12.7 Å². The van der Waals surface area contributed by atoms with E-state index in [0.29, 0.717) is 6.54 Å². The minimum atomic E-state index is -1.89. The van der Waals surface area contributed by atoms with Crippen LogP contribution in [0.4, 0.5) is 0 Å². The lowest BCUT2D eigenvalue weighted by atomic mass is 10.2. The van der Waals surface area contributed by atoms with Gasteiger partial charge < -0.3 is 0 Å². The maximum Gasteiger partial charge on any atom is 0.231 e. The molecule has 2 atom stereocenters. The van der Waals surface area contributed by atoms with E-state index in [1.807, 2.05) is 6.92 Å². The summed E-state index contributed by atoms with van der Waals surface area (Å²) in [5.41, 5.74) is 0. The van der Waals surface area contributed by atoms with Crippen LogP contribution in [0.15, 0.2) is 12.7 Å². The summed E-state index contributed by atoms with van der Waals surface area (Å²) in [6, 6.07) is 0. The summed E-state index contributed by atoms with van der Waals surface area (Å²) in [4.78, 5) is 0. The van der Waals surface area contributed by atoms with E-state index >= 15 is 0 Å². The van der Waals surface area contributed by atoms with Gasteiger partial charge >= 0.3 is 0 Å². The Morgan fingerprint density at radius 3 is 2.89 bits per heavy atom. The highest BCUT2D eigenvalue weighted by molar-refractivity contribution is 7.77. The molecule has 3 nitrogen and oxygen atoms in total. The summed E-state index contributed by atoms with van der Waals surface area (Å²) in [7, 11) is 0. The Morgan fingerprint density at radius 2 is 2.56 bits per heavy atom. The predicted octanol–water partition coefficient (Wildman–Crippen LogP) is 0.535. The zero-order valence-corrected chi connectivity index (χ0v) is 6.15. The quantitative estimate of drug-likeness (QED) is 0.452. The fourth-order valence-electron chi connectivity index (χ4n) is 0.286. The molecule has 9 heavy (non-hydrogen) atoms. The van der Waals surface area contributed by atoms with Gasteiger partial charge in [-0.25, -0.2) is 8.93 Å². The fraction of sp³-hybridized carbons (Fsp3) is 0.600. The van der Waals surface area contributed by atoms with Crippen LogP contribution in [0.1, 0.15) is 6.92 Å². The maximum atomic E-state index is 9.99. The molecule has 0 aliphatic rings. The lowest BCUT2D eigenvalue weighted by Gasteiger charge is -2.02. The summed E-state index contributed by atoms with van der Waals surface area (Å²) < 4.78 is 20.6. The number of rotatable bonds is 4. The highest BCUT2D eigenvalue weighted by Crippen LogP contribution is 1.90. The fourth-order valence-corrected chi connectivity index (χ4v) is 0.692. The van der Waals surface area contributed by atoms with Gasteiger partial charge in [-0.3, -0.25) is 4.55 Å². The molecule has 0 fully saturated rings. The first-order chi connectivity index (χ1) is 4.16. The van der Waals surface area contributed by atoms with Gasteiger partial charge in [0.2, 0.25) is 11.3 Å². The van der Waals surface area contributed by atoms with E-state index in [1.54, 1.807) is 6.08 Å². The lowest BCUT2D eigenvalue weighted by molar-refractivity contribution is 0.541. The molecule has 2 unspecified atom stereocenters. The van der Waals surface area contributed by atoms with E-state index in [0.717, 1.165) is 0 Å². The Labute approximate surface area is 57.6 Å². The van der Waals surface area contributed by atoms with E-state index in [1.165, 1.54) is 0 Å². The molecule has 0 spiro atoms. The topological polar surface area (TPSA) is 49.3 Å². The Morgan fingerprint density at radius 1 is 2.00 bits per heavy atom. The molecular weight excluding hydrogens is 138 g/mol. The summed E-state index contributed by atoms with van der Waals surface area (Å²) in [5.74, 6) is 0.237. The van der Waals surface area contributed by atoms with Crippen molar-refractivity contribution in [3.63, 3.8) is 0 Å². The van der Waals surface area contributed by atoms with Crippen molar-refractivity contribution in [3.8, 4) is 0 Å². The molecule has 2 N–H and O–H groups in total. The normalized spacial score (nSPS) is 16.7. The molecule has 0 bridgehead atoms. The molecule has 0 aromatic rings. The third-order valence-corrected chi connectivity index (χ3v) is 1.34. The highest BCUT2D eigenvalue weighted by atomic mass is 32.2. The van der Waals surface area contributed by atoms with E-state index in [-0.39, 0.29) is 5.92 Å². The largest absolute Gasteiger partial charge is 0.294 e. The van der Waals surface area contributed by atoms with E-state index < -0.39 is 11.3 Å². The van der Waals surface area contributed by atoms with Crippen molar-refractivity contribution in [2.45, 2.75) is 6.92 Å².